The molecule has 0 radical (unpaired) electrons. The summed E-state index contributed by atoms with van der Waals surface area (Å²) in [6.45, 7) is 0.353. The third-order valence-electron chi connectivity index (χ3n) is 3.18. The highest BCUT2D eigenvalue weighted by Crippen LogP contribution is 2.22. The Hall–Kier alpha value is -2.25. The molecule has 0 atom stereocenters. The van der Waals surface area contributed by atoms with E-state index in [1.54, 1.807) is 24.4 Å². The number of pyridine rings is 1. The van der Waals surface area contributed by atoms with Gasteiger partial charge in [0.15, 0.2) is 9.84 Å². The zero-order valence-electron chi connectivity index (χ0n) is 11.4. The molecule has 2 aromatic heterocycles. The molecule has 0 saturated heterocycles. The van der Waals surface area contributed by atoms with Crippen molar-refractivity contribution in [2.75, 3.05) is 6.26 Å². The first-order chi connectivity index (χ1) is 9.97. The zero-order valence-corrected chi connectivity index (χ0v) is 12.2. The normalized spacial score (nSPS) is 11.9. The van der Waals surface area contributed by atoms with Gasteiger partial charge in [-0.05, 0) is 30.3 Å². The lowest BCUT2D eigenvalue weighted by Crippen LogP contribution is -1.99. The summed E-state index contributed by atoms with van der Waals surface area (Å²) in [5.41, 5.74) is 8.60. The van der Waals surface area contributed by atoms with Crippen LogP contribution in [-0.4, -0.2) is 29.6 Å². The van der Waals surface area contributed by atoms with Gasteiger partial charge in [0.1, 0.15) is 5.82 Å². The smallest absolute Gasteiger partial charge is 0.175 e. The minimum atomic E-state index is -3.23. The molecular weight excluding hydrogens is 288 g/mol. The Morgan fingerprint density at radius 1 is 1.24 bits per heavy atom. The Morgan fingerprint density at radius 3 is 2.76 bits per heavy atom. The maximum Gasteiger partial charge on any atom is 0.175 e. The molecule has 0 spiro atoms. The first kappa shape index (κ1) is 13.7. The molecule has 0 amide bonds. The lowest BCUT2D eigenvalue weighted by molar-refractivity contribution is 0.602. The van der Waals surface area contributed by atoms with E-state index >= 15 is 0 Å². The van der Waals surface area contributed by atoms with E-state index in [1.807, 2.05) is 12.1 Å². The van der Waals surface area contributed by atoms with Crippen molar-refractivity contribution < 1.29 is 8.42 Å². The van der Waals surface area contributed by atoms with Crippen LogP contribution in [0, 0.1) is 0 Å². The third-order valence-corrected chi connectivity index (χ3v) is 4.29. The van der Waals surface area contributed by atoms with Crippen LogP contribution >= 0.6 is 0 Å². The second kappa shape index (κ2) is 4.94. The van der Waals surface area contributed by atoms with Crippen molar-refractivity contribution in [3.05, 3.63) is 42.2 Å². The standard InChI is InChI=1S/C14H14N4O2S/c1-21(19,20)11-2-3-12-13(7-11)18-14(17-12)9-4-5-16-10(6-9)8-15/h2-7H,8,15H2,1H3,(H,17,18). The van der Waals surface area contributed by atoms with Crippen LogP contribution in [0.15, 0.2) is 41.4 Å². The van der Waals surface area contributed by atoms with Gasteiger partial charge in [0, 0.05) is 24.6 Å². The second-order valence-corrected chi connectivity index (χ2v) is 6.79. The number of benzene rings is 1. The Balaban J connectivity index is 2.12. The molecule has 3 aromatic rings. The van der Waals surface area contributed by atoms with Gasteiger partial charge in [-0.25, -0.2) is 13.4 Å². The monoisotopic (exact) mass is 302 g/mol. The molecule has 1 aromatic carbocycles. The summed E-state index contributed by atoms with van der Waals surface area (Å²) in [5.74, 6) is 0.660. The van der Waals surface area contributed by atoms with Crippen LogP contribution in [0.5, 0.6) is 0 Å². The Morgan fingerprint density at radius 2 is 2.05 bits per heavy atom. The highest BCUT2D eigenvalue weighted by atomic mass is 32.2. The molecule has 0 saturated carbocycles. The fourth-order valence-electron chi connectivity index (χ4n) is 2.09. The lowest BCUT2D eigenvalue weighted by atomic mass is 10.2. The van der Waals surface area contributed by atoms with E-state index in [4.69, 9.17) is 5.73 Å². The molecule has 21 heavy (non-hydrogen) atoms. The van der Waals surface area contributed by atoms with E-state index in [0.717, 1.165) is 11.3 Å². The topological polar surface area (TPSA) is 102 Å². The maximum atomic E-state index is 11.6. The van der Waals surface area contributed by atoms with Crippen LogP contribution < -0.4 is 5.73 Å². The molecule has 0 unspecified atom stereocenters. The van der Waals surface area contributed by atoms with Gasteiger partial charge in [0.05, 0.1) is 21.6 Å². The van der Waals surface area contributed by atoms with E-state index in [-0.39, 0.29) is 4.90 Å². The van der Waals surface area contributed by atoms with Gasteiger partial charge in [0.2, 0.25) is 0 Å². The predicted molar refractivity (Wildman–Crippen MR) is 80.3 cm³/mol. The molecule has 0 aliphatic heterocycles. The van der Waals surface area contributed by atoms with E-state index in [1.165, 1.54) is 6.26 Å². The summed E-state index contributed by atoms with van der Waals surface area (Å²) in [5, 5.41) is 0. The molecular formula is C14H14N4O2S. The number of aromatic amines is 1. The molecule has 0 aliphatic carbocycles. The van der Waals surface area contributed by atoms with Crippen LogP contribution in [0.25, 0.3) is 22.4 Å². The van der Waals surface area contributed by atoms with Gasteiger partial charge in [-0.3, -0.25) is 4.98 Å². The average molecular weight is 302 g/mol. The van der Waals surface area contributed by atoms with E-state index in [2.05, 4.69) is 15.0 Å². The number of rotatable bonds is 3. The quantitative estimate of drug-likeness (QED) is 0.763. The number of H-pyrrole nitrogens is 1. The Labute approximate surface area is 122 Å². The molecule has 3 N–H and O–H groups in total. The van der Waals surface area contributed by atoms with Crippen molar-refractivity contribution in [1.29, 1.82) is 0 Å². The Kier molecular flexibility index (Phi) is 3.23. The highest BCUT2D eigenvalue weighted by molar-refractivity contribution is 7.90. The molecule has 0 fully saturated rings. The van der Waals surface area contributed by atoms with Gasteiger partial charge in [0.25, 0.3) is 0 Å². The highest BCUT2D eigenvalue weighted by Gasteiger charge is 2.11. The van der Waals surface area contributed by atoms with E-state index in [9.17, 15) is 8.42 Å². The van der Waals surface area contributed by atoms with Crippen molar-refractivity contribution in [3.8, 4) is 11.4 Å². The van der Waals surface area contributed by atoms with Crippen molar-refractivity contribution in [3.63, 3.8) is 0 Å². The number of nitrogens with two attached hydrogens (primary N) is 1. The third kappa shape index (κ3) is 2.65. The van der Waals surface area contributed by atoms with Gasteiger partial charge >= 0.3 is 0 Å². The van der Waals surface area contributed by atoms with E-state index < -0.39 is 9.84 Å². The van der Waals surface area contributed by atoms with Crippen molar-refractivity contribution in [2.45, 2.75) is 11.4 Å². The number of hydrogen-bond acceptors (Lipinski definition) is 5. The predicted octanol–water partition coefficient (Wildman–Crippen LogP) is 1.49. The summed E-state index contributed by atoms with van der Waals surface area (Å²) < 4.78 is 23.2. The summed E-state index contributed by atoms with van der Waals surface area (Å²) in [7, 11) is -3.23. The number of fused-ring (bicyclic) bond motifs is 1. The summed E-state index contributed by atoms with van der Waals surface area (Å²) in [4.78, 5) is 12.0. The maximum absolute atomic E-state index is 11.6. The summed E-state index contributed by atoms with van der Waals surface area (Å²) in [6.07, 6.45) is 2.86. The first-order valence-corrected chi connectivity index (χ1v) is 8.22. The largest absolute Gasteiger partial charge is 0.338 e. The molecule has 3 rings (SSSR count). The molecule has 0 bridgehead atoms. The SMILES string of the molecule is CS(=O)(=O)c1ccc2nc(-c3ccnc(CN)c3)[nH]c2c1. The van der Waals surface area contributed by atoms with Crippen LogP contribution in [0.3, 0.4) is 0 Å². The summed E-state index contributed by atoms with van der Waals surface area (Å²) in [6, 6.07) is 8.52. The molecule has 2 heterocycles. The van der Waals surface area contributed by atoms with Gasteiger partial charge in [-0.1, -0.05) is 0 Å². The fraction of sp³-hybridized carbons (Fsp3) is 0.143. The van der Waals surface area contributed by atoms with Gasteiger partial charge < -0.3 is 10.7 Å². The van der Waals surface area contributed by atoms with Crippen molar-refractivity contribution in [1.82, 2.24) is 15.0 Å². The molecule has 108 valence electrons. The molecule has 0 aliphatic rings. The van der Waals surface area contributed by atoms with Gasteiger partial charge in [-0.15, -0.1) is 0 Å². The van der Waals surface area contributed by atoms with Crippen molar-refractivity contribution >= 4 is 20.9 Å². The minimum absolute atomic E-state index is 0.266. The van der Waals surface area contributed by atoms with Crippen LogP contribution in [0.2, 0.25) is 0 Å². The number of hydrogen-bond donors (Lipinski definition) is 2. The lowest BCUT2D eigenvalue weighted by Gasteiger charge is -1.99. The number of nitrogens with zero attached hydrogens (tertiary/aromatic N) is 2. The number of sulfone groups is 1. The fourth-order valence-corrected chi connectivity index (χ4v) is 2.74. The number of imidazole rings is 1. The summed E-state index contributed by atoms with van der Waals surface area (Å²) >= 11 is 0. The van der Waals surface area contributed by atoms with Crippen LogP contribution in [0.1, 0.15) is 5.69 Å². The Bertz CT molecular complexity index is 916. The number of nitrogens with one attached hydrogen (secondary N) is 1. The number of aromatic nitrogens is 3. The van der Waals surface area contributed by atoms with Gasteiger partial charge in [-0.2, -0.15) is 0 Å². The van der Waals surface area contributed by atoms with E-state index in [0.29, 0.717) is 23.4 Å². The van der Waals surface area contributed by atoms with Crippen molar-refractivity contribution in [2.24, 2.45) is 5.73 Å². The van der Waals surface area contributed by atoms with Crippen LogP contribution in [-0.2, 0) is 16.4 Å². The minimum Gasteiger partial charge on any atom is -0.338 e. The zero-order chi connectivity index (χ0) is 15.0. The second-order valence-electron chi connectivity index (χ2n) is 4.78. The average Bonchev–Trinajstić information content (AvgIpc) is 2.89. The molecule has 6 nitrogen and oxygen atoms in total. The first-order valence-electron chi connectivity index (χ1n) is 6.32. The molecule has 7 heteroatoms. The van der Waals surface area contributed by atoms with Crippen LogP contribution in [0.4, 0.5) is 0 Å².